The van der Waals surface area contributed by atoms with Crippen LogP contribution in [0.2, 0.25) is 5.02 Å². The average Bonchev–Trinajstić information content (AvgIpc) is 2.36. The van der Waals surface area contributed by atoms with Gasteiger partial charge in [0, 0.05) is 11.6 Å². The molecule has 0 radical (unpaired) electrons. The zero-order valence-corrected chi connectivity index (χ0v) is 10.8. The largest absolute Gasteiger partial charge is 0.497 e. The summed E-state index contributed by atoms with van der Waals surface area (Å²) in [5, 5.41) is 10.4. The van der Waals surface area contributed by atoms with Gasteiger partial charge in [-0.05, 0) is 29.8 Å². The summed E-state index contributed by atoms with van der Waals surface area (Å²) >= 11 is 6.00. The molecule has 1 atom stereocenters. The summed E-state index contributed by atoms with van der Waals surface area (Å²) in [5.74, 6) is -0.969. The molecule has 0 fully saturated rings. The Kier molecular flexibility index (Phi) is 4.02. The Balaban J connectivity index is 2.40. The van der Waals surface area contributed by atoms with Crippen LogP contribution in [0.3, 0.4) is 0 Å². The van der Waals surface area contributed by atoms with Gasteiger partial charge in [-0.25, -0.2) is 8.78 Å². The highest BCUT2D eigenvalue weighted by Gasteiger charge is 2.16. The van der Waals surface area contributed by atoms with Gasteiger partial charge in [-0.1, -0.05) is 17.7 Å². The quantitative estimate of drug-likeness (QED) is 0.931. The topological polar surface area (TPSA) is 29.5 Å². The lowest BCUT2D eigenvalue weighted by Gasteiger charge is -2.14. The minimum absolute atomic E-state index is 0.101. The molecule has 0 saturated carbocycles. The van der Waals surface area contributed by atoms with E-state index in [0.717, 1.165) is 18.2 Å². The monoisotopic (exact) mass is 284 g/mol. The molecule has 0 spiro atoms. The number of aliphatic hydroxyl groups excluding tert-OH is 1. The Hall–Kier alpha value is -1.65. The van der Waals surface area contributed by atoms with Crippen molar-refractivity contribution < 1.29 is 18.6 Å². The van der Waals surface area contributed by atoms with Gasteiger partial charge in [0.25, 0.3) is 0 Å². The number of rotatable bonds is 3. The van der Waals surface area contributed by atoms with Gasteiger partial charge in [-0.3, -0.25) is 0 Å². The Morgan fingerprint density at radius 3 is 2.26 bits per heavy atom. The maximum Gasteiger partial charge on any atom is 0.126 e. The minimum Gasteiger partial charge on any atom is -0.497 e. The second kappa shape index (κ2) is 5.55. The van der Waals surface area contributed by atoms with Gasteiger partial charge >= 0.3 is 0 Å². The highest BCUT2D eigenvalue weighted by Crippen LogP contribution is 2.31. The maximum atomic E-state index is 13.1. The van der Waals surface area contributed by atoms with E-state index >= 15 is 0 Å². The van der Waals surface area contributed by atoms with Gasteiger partial charge in [0.2, 0.25) is 0 Å². The Bertz CT molecular complexity index is 582. The molecule has 0 aromatic heterocycles. The molecule has 0 aliphatic heterocycles. The molecule has 1 unspecified atom stereocenters. The number of hydrogen-bond donors (Lipinski definition) is 1. The van der Waals surface area contributed by atoms with Gasteiger partial charge < -0.3 is 9.84 Å². The Morgan fingerprint density at radius 2 is 1.74 bits per heavy atom. The zero-order chi connectivity index (χ0) is 14.0. The molecule has 100 valence electrons. The zero-order valence-electron chi connectivity index (χ0n) is 10.0. The number of ether oxygens (including phenoxy) is 1. The first-order valence-corrected chi connectivity index (χ1v) is 5.86. The molecule has 0 aliphatic rings. The van der Waals surface area contributed by atoms with Crippen molar-refractivity contribution in [2.75, 3.05) is 7.11 Å². The fourth-order valence-electron chi connectivity index (χ4n) is 1.77. The number of halogens is 3. The molecule has 0 amide bonds. The van der Waals surface area contributed by atoms with E-state index in [4.69, 9.17) is 16.3 Å². The van der Waals surface area contributed by atoms with Crippen LogP contribution in [0.15, 0.2) is 36.4 Å². The molecular weight excluding hydrogens is 274 g/mol. The van der Waals surface area contributed by atoms with Crippen molar-refractivity contribution in [1.29, 1.82) is 0 Å². The molecule has 0 bridgehead atoms. The molecule has 0 aliphatic carbocycles. The molecule has 19 heavy (non-hydrogen) atoms. The average molecular weight is 285 g/mol. The standard InChI is InChI=1S/C14H11ClF2O2/c1-19-11-2-3-12(13(15)7-11)14(18)8-4-9(16)6-10(17)5-8/h2-7,14,18H,1H3. The summed E-state index contributed by atoms with van der Waals surface area (Å²) in [6.45, 7) is 0. The van der Waals surface area contributed by atoms with Crippen LogP contribution in [0.1, 0.15) is 17.2 Å². The van der Waals surface area contributed by atoms with E-state index in [1.165, 1.54) is 13.2 Å². The van der Waals surface area contributed by atoms with Crippen LogP contribution in [0.4, 0.5) is 8.78 Å². The van der Waals surface area contributed by atoms with Crippen molar-refractivity contribution in [1.82, 2.24) is 0 Å². The number of benzene rings is 2. The van der Waals surface area contributed by atoms with E-state index in [9.17, 15) is 13.9 Å². The van der Waals surface area contributed by atoms with Crippen LogP contribution in [0, 0.1) is 11.6 Å². The Morgan fingerprint density at radius 1 is 1.11 bits per heavy atom. The molecule has 0 saturated heterocycles. The van der Waals surface area contributed by atoms with Crippen LogP contribution in [-0.2, 0) is 0 Å². The van der Waals surface area contributed by atoms with Crippen molar-refractivity contribution >= 4 is 11.6 Å². The Labute approximate surface area is 114 Å². The molecule has 2 aromatic rings. The van der Waals surface area contributed by atoms with Crippen molar-refractivity contribution in [2.45, 2.75) is 6.10 Å². The third kappa shape index (κ3) is 3.03. The van der Waals surface area contributed by atoms with E-state index in [1.807, 2.05) is 0 Å². The van der Waals surface area contributed by atoms with Crippen LogP contribution in [0.5, 0.6) is 5.75 Å². The van der Waals surface area contributed by atoms with E-state index in [2.05, 4.69) is 0 Å². The lowest BCUT2D eigenvalue weighted by atomic mass is 10.0. The summed E-state index contributed by atoms with van der Waals surface area (Å²) in [6.07, 6.45) is -1.20. The number of hydrogen-bond acceptors (Lipinski definition) is 2. The number of aliphatic hydroxyl groups is 1. The molecule has 2 nitrogen and oxygen atoms in total. The third-order valence-corrected chi connectivity index (χ3v) is 3.03. The first kappa shape index (κ1) is 13.8. The van der Waals surface area contributed by atoms with Crippen LogP contribution in [-0.4, -0.2) is 12.2 Å². The molecule has 0 heterocycles. The fraction of sp³-hybridized carbons (Fsp3) is 0.143. The molecule has 5 heteroatoms. The SMILES string of the molecule is COc1ccc(C(O)c2cc(F)cc(F)c2)c(Cl)c1. The first-order chi connectivity index (χ1) is 9.01. The van der Waals surface area contributed by atoms with E-state index in [-0.39, 0.29) is 10.6 Å². The number of methoxy groups -OCH3 is 1. The molecule has 2 aromatic carbocycles. The first-order valence-electron chi connectivity index (χ1n) is 5.48. The summed E-state index contributed by atoms with van der Waals surface area (Å²) in [7, 11) is 1.49. The van der Waals surface area contributed by atoms with Crippen LogP contribution in [0.25, 0.3) is 0 Å². The van der Waals surface area contributed by atoms with Crippen molar-refractivity contribution in [3.63, 3.8) is 0 Å². The van der Waals surface area contributed by atoms with Gasteiger partial charge in [-0.2, -0.15) is 0 Å². The highest BCUT2D eigenvalue weighted by molar-refractivity contribution is 6.31. The maximum absolute atomic E-state index is 13.1. The van der Waals surface area contributed by atoms with Crippen molar-refractivity contribution in [2.24, 2.45) is 0 Å². The van der Waals surface area contributed by atoms with Crippen molar-refractivity contribution in [3.05, 3.63) is 64.2 Å². The van der Waals surface area contributed by atoms with Crippen LogP contribution >= 0.6 is 11.6 Å². The fourth-order valence-corrected chi connectivity index (χ4v) is 2.04. The minimum atomic E-state index is -1.20. The van der Waals surface area contributed by atoms with Crippen LogP contribution < -0.4 is 4.74 Å². The van der Waals surface area contributed by atoms with E-state index < -0.39 is 17.7 Å². The highest BCUT2D eigenvalue weighted by atomic mass is 35.5. The van der Waals surface area contributed by atoms with Gasteiger partial charge in [-0.15, -0.1) is 0 Å². The van der Waals surface area contributed by atoms with Gasteiger partial charge in [0.15, 0.2) is 0 Å². The molecular formula is C14H11ClF2O2. The lowest BCUT2D eigenvalue weighted by Crippen LogP contribution is -2.02. The third-order valence-electron chi connectivity index (χ3n) is 2.70. The summed E-state index contributed by atoms with van der Waals surface area (Å²) < 4.78 is 31.2. The normalized spacial score (nSPS) is 12.3. The van der Waals surface area contributed by atoms with Gasteiger partial charge in [0.05, 0.1) is 12.1 Å². The van der Waals surface area contributed by atoms with E-state index in [1.54, 1.807) is 12.1 Å². The predicted molar refractivity (Wildman–Crippen MR) is 68.4 cm³/mol. The summed E-state index contributed by atoms with van der Waals surface area (Å²) in [4.78, 5) is 0. The second-order valence-electron chi connectivity index (χ2n) is 3.99. The molecule has 2 rings (SSSR count). The van der Waals surface area contributed by atoms with Crippen molar-refractivity contribution in [3.8, 4) is 5.75 Å². The van der Waals surface area contributed by atoms with Gasteiger partial charge in [0.1, 0.15) is 23.5 Å². The molecule has 1 N–H and O–H groups in total. The summed E-state index contributed by atoms with van der Waals surface area (Å²) in [5.41, 5.74) is 0.456. The predicted octanol–water partition coefficient (Wildman–Crippen LogP) is 3.71. The second-order valence-corrected chi connectivity index (χ2v) is 4.40. The lowest BCUT2D eigenvalue weighted by molar-refractivity contribution is 0.219. The smallest absolute Gasteiger partial charge is 0.126 e. The van der Waals surface area contributed by atoms with E-state index in [0.29, 0.717) is 11.3 Å². The summed E-state index contributed by atoms with van der Waals surface area (Å²) in [6, 6.07) is 7.55.